The molecule has 0 aliphatic carbocycles. The largest absolute Gasteiger partial charge is 0.466 e. The SMILES string of the molecule is CCCn1c(C(CC)N(CCCOC)C(=O)CCC(=O)OCC)nc2ccccc2c1=O. The highest BCUT2D eigenvalue weighted by atomic mass is 16.5. The molecule has 2 aromatic rings. The molecule has 0 aliphatic heterocycles. The molecule has 0 bridgehead atoms. The number of ether oxygens (including phenoxy) is 2. The van der Waals surface area contributed by atoms with E-state index in [0.29, 0.717) is 49.3 Å². The summed E-state index contributed by atoms with van der Waals surface area (Å²) in [5.41, 5.74) is 0.524. The number of esters is 1. The third-order valence-electron chi connectivity index (χ3n) is 5.32. The van der Waals surface area contributed by atoms with Crippen molar-refractivity contribution < 1.29 is 19.1 Å². The van der Waals surface area contributed by atoms with Gasteiger partial charge in [0.15, 0.2) is 0 Å². The van der Waals surface area contributed by atoms with E-state index < -0.39 is 5.97 Å². The second-order valence-corrected chi connectivity index (χ2v) is 7.61. The molecule has 0 fully saturated rings. The van der Waals surface area contributed by atoms with Gasteiger partial charge in [0.1, 0.15) is 5.82 Å². The lowest BCUT2D eigenvalue weighted by Crippen LogP contribution is -2.40. The lowest BCUT2D eigenvalue weighted by atomic mass is 10.1. The first kappa shape index (κ1) is 25.5. The summed E-state index contributed by atoms with van der Waals surface area (Å²) in [6.45, 7) is 7.48. The zero-order valence-electron chi connectivity index (χ0n) is 19.6. The van der Waals surface area contributed by atoms with Crippen molar-refractivity contribution in [2.75, 3.05) is 26.9 Å². The maximum absolute atomic E-state index is 13.2. The van der Waals surface area contributed by atoms with Crippen LogP contribution in [0.15, 0.2) is 29.1 Å². The van der Waals surface area contributed by atoms with Gasteiger partial charge >= 0.3 is 5.97 Å². The molecule has 1 atom stereocenters. The molecule has 0 saturated carbocycles. The van der Waals surface area contributed by atoms with Crippen LogP contribution < -0.4 is 5.56 Å². The monoisotopic (exact) mass is 445 g/mol. The van der Waals surface area contributed by atoms with Crippen molar-refractivity contribution in [3.63, 3.8) is 0 Å². The molecule has 1 aromatic carbocycles. The van der Waals surface area contributed by atoms with Crippen molar-refractivity contribution in [2.45, 2.75) is 65.5 Å². The Kier molecular flexibility index (Phi) is 10.3. The number of para-hydroxylation sites is 1. The van der Waals surface area contributed by atoms with Gasteiger partial charge in [-0.1, -0.05) is 26.0 Å². The van der Waals surface area contributed by atoms with E-state index in [4.69, 9.17) is 14.5 Å². The number of methoxy groups -OCH3 is 1. The van der Waals surface area contributed by atoms with Crippen molar-refractivity contribution in [1.82, 2.24) is 14.5 Å². The lowest BCUT2D eigenvalue weighted by Gasteiger charge is -2.32. The lowest BCUT2D eigenvalue weighted by molar-refractivity contribution is -0.146. The summed E-state index contributed by atoms with van der Waals surface area (Å²) in [5, 5.41) is 0.569. The van der Waals surface area contributed by atoms with Crippen LogP contribution in [-0.4, -0.2) is 53.2 Å². The van der Waals surface area contributed by atoms with E-state index in [1.165, 1.54) is 0 Å². The smallest absolute Gasteiger partial charge is 0.306 e. The Morgan fingerprint density at radius 3 is 2.56 bits per heavy atom. The van der Waals surface area contributed by atoms with Crippen LogP contribution in [0.2, 0.25) is 0 Å². The van der Waals surface area contributed by atoms with Crippen molar-refractivity contribution in [3.8, 4) is 0 Å². The summed E-state index contributed by atoms with van der Waals surface area (Å²) in [4.78, 5) is 44.8. The van der Waals surface area contributed by atoms with Crippen LogP contribution in [-0.2, 0) is 25.6 Å². The van der Waals surface area contributed by atoms with Gasteiger partial charge in [-0.25, -0.2) is 4.98 Å². The number of amides is 1. The topological polar surface area (TPSA) is 90.7 Å². The second-order valence-electron chi connectivity index (χ2n) is 7.61. The highest BCUT2D eigenvalue weighted by Crippen LogP contribution is 2.25. The number of nitrogens with zero attached hydrogens (tertiary/aromatic N) is 3. The molecule has 8 nitrogen and oxygen atoms in total. The van der Waals surface area contributed by atoms with E-state index >= 15 is 0 Å². The number of hydrogen-bond donors (Lipinski definition) is 0. The third kappa shape index (κ3) is 6.38. The van der Waals surface area contributed by atoms with Crippen LogP contribution in [0.1, 0.15) is 64.7 Å². The summed E-state index contributed by atoms with van der Waals surface area (Å²) in [7, 11) is 1.62. The maximum atomic E-state index is 13.2. The molecule has 1 aromatic heterocycles. The molecule has 1 amide bonds. The van der Waals surface area contributed by atoms with Crippen molar-refractivity contribution >= 4 is 22.8 Å². The van der Waals surface area contributed by atoms with Crippen LogP contribution in [0.3, 0.4) is 0 Å². The minimum atomic E-state index is -0.391. The third-order valence-corrected chi connectivity index (χ3v) is 5.32. The van der Waals surface area contributed by atoms with Crippen molar-refractivity contribution in [3.05, 3.63) is 40.4 Å². The van der Waals surface area contributed by atoms with Crippen LogP contribution in [0.25, 0.3) is 10.9 Å². The molecule has 32 heavy (non-hydrogen) atoms. The van der Waals surface area contributed by atoms with Crippen molar-refractivity contribution in [1.29, 1.82) is 0 Å². The quantitative estimate of drug-likeness (QED) is 0.346. The van der Waals surface area contributed by atoms with Crippen LogP contribution >= 0.6 is 0 Å². The summed E-state index contributed by atoms with van der Waals surface area (Å²) < 4.78 is 11.8. The molecule has 0 spiro atoms. The van der Waals surface area contributed by atoms with Gasteiger partial charge in [0, 0.05) is 33.2 Å². The van der Waals surface area contributed by atoms with Gasteiger partial charge in [0.25, 0.3) is 5.56 Å². The fourth-order valence-corrected chi connectivity index (χ4v) is 3.84. The first-order valence-electron chi connectivity index (χ1n) is 11.4. The summed E-state index contributed by atoms with van der Waals surface area (Å²) in [6.07, 6.45) is 2.07. The van der Waals surface area contributed by atoms with Crippen LogP contribution in [0.4, 0.5) is 0 Å². The number of hydrogen-bond acceptors (Lipinski definition) is 6. The molecule has 0 N–H and O–H groups in total. The minimum absolute atomic E-state index is 0.0246. The van der Waals surface area contributed by atoms with Gasteiger partial charge in [0.05, 0.1) is 30.0 Å². The summed E-state index contributed by atoms with van der Waals surface area (Å²) in [6, 6.07) is 6.90. The second kappa shape index (κ2) is 13.0. The Morgan fingerprint density at radius 2 is 1.91 bits per heavy atom. The molecule has 1 unspecified atom stereocenters. The molecular formula is C24H35N3O5. The molecule has 2 rings (SSSR count). The van der Waals surface area contributed by atoms with Gasteiger partial charge in [-0.15, -0.1) is 0 Å². The summed E-state index contributed by atoms with van der Waals surface area (Å²) >= 11 is 0. The van der Waals surface area contributed by atoms with E-state index in [1.54, 1.807) is 29.6 Å². The van der Waals surface area contributed by atoms with Gasteiger partial charge in [-0.05, 0) is 38.3 Å². The van der Waals surface area contributed by atoms with E-state index in [-0.39, 0.29) is 37.0 Å². The zero-order chi connectivity index (χ0) is 23.5. The van der Waals surface area contributed by atoms with Crippen LogP contribution in [0.5, 0.6) is 0 Å². The number of carbonyl (C=O) groups is 2. The molecule has 0 saturated heterocycles. The Hall–Kier alpha value is -2.74. The first-order chi connectivity index (χ1) is 15.5. The van der Waals surface area contributed by atoms with Gasteiger partial charge in [0.2, 0.25) is 5.91 Å². The number of aromatic nitrogens is 2. The first-order valence-corrected chi connectivity index (χ1v) is 11.4. The maximum Gasteiger partial charge on any atom is 0.306 e. The van der Waals surface area contributed by atoms with Crippen molar-refractivity contribution in [2.24, 2.45) is 0 Å². The minimum Gasteiger partial charge on any atom is -0.466 e. The fraction of sp³-hybridized carbons (Fsp3) is 0.583. The van der Waals surface area contributed by atoms with E-state index in [1.807, 2.05) is 32.0 Å². The van der Waals surface area contributed by atoms with Gasteiger partial charge in [-0.2, -0.15) is 0 Å². The average Bonchev–Trinajstić information content (AvgIpc) is 2.79. The molecule has 0 aliphatic rings. The average molecular weight is 446 g/mol. The number of carbonyl (C=O) groups excluding carboxylic acids is 2. The molecule has 0 radical (unpaired) electrons. The predicted octanol–water partition coefficient (Wildman–Crippen LogP) is 3.47. The van der Waals surface area contributed by atoms with E-state index in [9.17, 15) is 14.4 Å². The molecule has 1 heterocycles. The highest BCUT2D eigenvalue weighted by Gasteiger charge is 2.28. The normalized spacial score (nSPS) is 12.0. The molecule has 8 heteroatoms. The summed E-state index contributed by atoms with van der Waals surface area (Å²) in [5.74, 6) is 0.0314. The number of fused-ring (bicyclic) bond motifs is 1. The Morgan fingerprint density at radius 1 is 1.16 bits per heavy atom. The molecular weight excluding hydrogens is 410 g/mol. The Bertz CT molecular complexity index is 956. The standard InChI is InChI=1S/C24H35N3O5/c1-5-15-27-23(25-19-12-9-8-11-18(19)24(27)30)20(6-2)26(16-10-17-31-4)21(28)13-14-22(29)32-7-3/h8-9,11-12,20H,5-7,10,13-17H2,1-4H3. The fourth-order valence-electron chi connectivity index (χ4n) is 3.84. The van der Waals surface area contributed by atoms with Crippen LogP contribution in [0, 0.1) is 0 Å². The predicted molar refractivity (Wildman–Crippen MR) is 123 cm³/mol. The zero-order valence-corrected chi connectivity index (χ0v) is 19.6. The number of benzene rings is 1. The Labute approximate surface area is 189 Å². The number of rotatable bonds is 13. The highest BCUT2D eigenvalue weighted by molar-refractivity contribution is 5.82. The van der Waals surface area contributed by atoms with E-state index in [2.05, 4.69) is 0 Å². The van der Waals surface area contributed by atoms with Gasteiger partial charge < -0.3 is 14.4 Å². The molecule has 176 valence electrons. The Balaban J connectivity index is 2.47. The van der Waals surface area contributed by atoms with E-state index in [0.717, 1.165) is 6.42 Å². The van der Waals surface area contributed by atoms with Gasteiger partial charge in [-0.3, -0.25) is 19.0 Å².